The Bertz CT molecular complexity index is 591. The molecule has 1 amide bonds. The van der Waals surface area contributed by atoms with Crippen molar-refractivity contribution in [2.75, 3.05) is 26.7 Å². The highest BCUT2D eigenvalue weighted by Crippen LogP contribution is 2.25. The molecule has 3 N–H and O–H groups in total. The molecule has 0 fully saturated rings. The Morgan fingerprint density at radius 3 is 2.50 bits per heavy atom. The highest BCUT2D eigenvalue weighted by Gasteiger charge is 2.13. The lowest BCUT2D eigenvalue weighted by atomic mass is 10.0. The van der Waals surface area contributed by atoms with Crippen molar-refractivity contribution in [3.05, 3.63) is 29.3 Å². The van der Waals surface area contributed by atoms with Crippen LogP contribution >= 0.6 is 24.0 Å². The van der Waals surface area contributed by atoms with Crippen molar-refractivity contribution in [2.45, 2.75) is 40.7 Å². The van der Waals surface area contributed by atoms with Gasteiger partial charge in [0, 0.05) is 24.6 Å². The van der Waals surface area contributed by atoms with Crippen LogP contribution < -0.4 is 20.7 Å². The SMILES string of the molecule is CCNC(=NCCNC(=O)C(C)C)NC(C)c1cc(C)ccc1OC.I. The molecule has 0 aliphatic carbocycles. The summed E-state index contributed by atoms with van der Waals surface area (Å²) in [6.07, 6.45) is 0. The zero-order chi connectivity index (χ0) is 18.8. The topological polar surface area (TPSA) is 74.8 Å². The predicted octanol–water partition coefficient (Wildman–Crippen LogP) is 3.01. The minimum Gasteiger partial charge on any atom is -0.496 e. The maximum absolute atomic E-state index is 11.6. The maximum Gasteiger partial charge on any atom is 0.222 e. The van der Waals surface area contributed by atoms with Crippen molar-refractivity contribution in [1.82, 2.24) is 16.0 Å². The number of methoxy groups -OCH3 is 1. The van der Waals surface area contributed by atoms with Gasteiger partial charge in [-0.1, -0.05) is 31.5 Å². The minimum atomic E-state index is -0.0100. The van der Waals surface area contributed by atoms with Gasteiger partial charge in [0.25, 0.3) is 0 Å². The predicted molar refractivity (Wildman–Crippen MR) is 119 cm³/mol. The van der Waals surface area contributed by atoms with Gasteiger partial charge < -0.3 is 20.7 Å². The van der Waals surface area contributed by atoms with E-state index in [4.69, 9.17) is 4.74 Å². The fourth-order valence-electron chi connectivity index (χ4n) is 2.35. The highest BCUT2D eigenvalue weighted by molar-refractivity contribution is 14.0. The van der Waals surface area contributed by atoms with Crippen LogP contribution in [-0.2, 0) is 4.79 Å². The zero-order valence-corrected chi connectivity index (χ0v) is 19.0. The lowest BCUT2D eigenvalue weighted by Crippen LogP contribution is -2.39. The van der Waals surface area contributed by atoms with E-state index >= 15 is 0 Å². The first-order valence-corrected chi connectivity index (χ1v) is 8.86. The van der Waals surface area contributed by atoms with Gasteiger partial charge in [-0.25, -0.2) is 0 Å². The Labute approximate surface area is 174 Å². The Morgan fingerprint density at radius 2 is 1.92 bits per heavy atom. The fourth-order valence-corrected chi connectivity index (χ4v) is 2.35. The molecule has 0 aliphatic heterocycles. The third kappa shape index (κ3) is 8.25. The second kappa shape index (κ2) is 12.8. The van der Waals surface area contributed by atoms with Crippen molar-refractivity contribution in [2.24, 2.45) is 10.9 Å². The molecule has 148 valence electrons. The van der Waals surface area contributed by atoms with Crippen molar-refractivity contribution in [3.8, 4) is 5.75 Å². The second-order valence-electron chi connectivity index (χ2n) is 6.32. The van der Waals surface area contributed by atoms with E-state index < -0.39 is 0 Å². The van der Waals surface area contributed by atoms with E-state index in [1.54, 1.807) is 7.11 Å². The first kappa shape index (κ1) is 24.5. The molecule has 1 aromatic carbocycles. The van der Waals surface area contributed by atoms with Gasteiger partial charge in [-0.2, -0.15) is 0 Å². The number of halogens is 1. The molecule has 26 heavy (non-hydrogen) atoms. The van der Waals surface area contributed by atoms with Gasteiger partial charge in [0.2, 0.25) is 5.91 Å². The van der Waals surface area contributed by atoms with Crippen LogP contribution in [0.1, 0.15) is 44.9 Å². The molecule has 0 saturated heterocycles. The number of benzene rings is 1. The smallest absolute Gasteiger partial charge is 0.222 e. The van der Waals surface area contributed by atoms with Crippen molar-refractivity contribution < 1.29 is 9.53 Å². The molecule has 0 aliphatic rings. The second-order valence-corrected chi connectivity index (χ2v) is 6.32. The first-order chi connectivity index (χ1) is 11.9. The van der Waals surface area contributed by atoms with Gasteiger partial charge in [0.05, 0.1) is 19.7 Å². The van der Waals surface area contributed by atoms with E-state index in [9.17, 15) is 4.79 Å². The van der Waals surface area contributed by atoms with E-state index in [2.05, 4.69) is 40.9 Å². The third-order valence-corrected chi connectivity index (χ3v) is 3.75. The molecule has 1 atom stereocenters. The number of rotatable bonds is 8. The Balaban J connectivity index is 0.00000625. The van der Waals surface area contributed by atoms with Crippen molar-refractivity contribution in [3.63, 3.8) is 0 Å². The van der Waals surface area contributed by atoms with Crippen LogP contribution in [0.4, 0.5) is 0 Å². The summed E-state index contributed by atoms with van der Waals surface area (Å²) in [7, 11) is 1.68. The number of carbonyl (C=O) groups is 1. The van der Waals surface area contributed by atoms with Crippen molar-refractivity contribution >= 4 is 35.8 Å². The van der Waals surface area contributed by atoms with E-state index in [-0.39, 0.29) is 41.8 Å². The average molecular weight is 476 g/mol. The largest absolute Gasteiger partial charge is 0.496 e. The summed E-state index contributed by atoms with van der Waals surface area (Å²) in [5.74, 6) is 1.61. The molecular formula is C19H33IN4O2. The molecular weight excluding hydrogens is 443 g/mol. The van der Waals surface area contributed by atoms with Gasteiger partial charge in [0.15, 0.2) is 5.96 Å². The van der Waals surface area contributed by atoms with Crippen LogP contribution in [0.5, 0.6) is 5.75 Å². The number of ether oxygens (including phenoxy) is 1. The monoisotopic (exact) mass is 476 g/mol. The molecule has 1 rings (SSSR count). The van der Waals surface area contributed by atoms with Gasteiger partial charge in [-0.15, -0.1) is 24.0 Å². The molecule has 0 bridgehead atoms. The molecule has 0 spiro atoms. The van der Waals surface area contributed by atoms with E-state index in [0.717, 1.165) is 23.8 Å². The number of hydrogen-bond acceptors (Lipinski definition) is 3. The van der Waals surface area contributed by atoms with E-state index in [0.29, 0.717) is 13.1 Å². The summed E-state index contributed by atoms with van der Waals surface area (Å²) in [5, 5.41) is 9.49. The molecule has 0 radical (unpaired) electrons. The number of amides is 1. The molecule has 6 nitrogen and oxygen atoms in total. The molecule has 1 aromatic rings. The van der Waals surface area contributed by atoms with Crippen LogP contribution in [0.25, 0.3) is 0 Å². The van der Waals surface area contributed by atoms with Gasteiger partial charge >= 0.3 is 0 Å². The van der Waals surface area contributed by atoms with Gasteiger partial charge in [0.1, 0.15) is 5.75 Å². The van der Waals surface area contributed by atoms with Crippen LogP contribution in [-0.4, -0.2) is 38.6 Å². The van der Waals surface area contributed by atoms with Crippen LogP contribution in [0.15, 0.2) is 23.2 Å². The molecule has 1 unspecified atom stereocenters. The average Bonchev–Trinajstić information content (AvgIpc) is 2.58. The quantitative estimate of drug-likeness (QED) is 0.234. The van der Waals surface area contributed by atoms with E-state index in [1.807, 2.05) is 32.9 Å². The van der Waals surface area contributed by atoms with Crippen molar-refractivity contribution in [1.29, 1.82) is 0 Å². The van der Waals surface area contributed by atoms with E-state index in [1.165, 1.54) is 5.56 Å². The normalized spacial score (nSPS) is 12.2. The third-order valence-electron chi connectivity index (χ3n) is 3.75. The standard InChI is InChI=1S/C19H32N4O2.HI/c1-7-20-19(22-11-10-21-18(24)13(2)3)23-15(5)16-12-14(4)8-9-17(16)25-6;/h8-9,12-13,15H,7,10-11H2,1-6H3,(H,21,24)(H2,20,22,23);1H. The summed E-state index contributed by atoms with van der Waals surface area (Å²) < 4.78 is 5.46. The number of carbonyl (C=O) groups excluding carboxylic acids is 1. The summed E-state index contributed by atoms with van der Waals surface area (Å²) >= 11 is 0. The first-order valence-electron chi connectivity index (χ1n) is 8.86. The van der Waals surface area contributed by atoms with Crippen LogP contribution in [0.3, 0.4) is 0 Å². The maximum atomic E-state index is 11.6. The summed E-state index contributed by atoms with van der Waals surface area (Å²) in [6.45, 7) is 11.7. The molecule has 0 saturated carbocycles. The van der Waals surface area contributed by atoms with Gasteiger partial charge in [-0.3, -0.25) is 9.79 Å². The summed E-state index contributed by atoms with van der Waals surface area (Å²) in [5.41, 5.74) is 2.27. The van der Waals surface area contributed by atoms with Crippen LogP contribution in [0.2, 0.25) is 0 Å². The molecule has 7 heteroatoms. The van der Waals surface area contributed by atoms with Gasteiger partial charge in [-0.05, 0) is 26.8 Å². The zero-order valence-electron chi connectivity index (χ0n) is 16.7. The molecule has 0 heterocycles. The lowest BCUT2D eigenvalue weighted by Gasteiger charge is -2.20. The van der Waals surface area contributed by atoms with Crippen LogP contribution in [0, 0.1) is 12.8 Å². The Morgan fingerprint density at radius 1 is 1.23 bits per heavy atom. The number of aryl methyl sites for hydroxylation is 1. The Kier molecular flexibility index (Phi) is 12.0. The lowest BCUT2D eigenvalue weighted by molar-refractivity contribution is -0.123. The number of aliphatic imine (C=N–C) groups is 1. The fraction of sp³-hybridized carbons (Fsp3) is 0.579. The molecule has 0 aromatic heterocycles. The number of hydrogen-bond donors (Lipinski definition) is 3. The number of nitrogens with zero attached hydrogens (tertiary/aromatic N) is 1. The minimum absolute atomic E-state index is 0. The summed E-state index contributed by atoms with van der Waals surface area (Å²) in [4.78, 5) is 16.1. The summed E-state index contributed by atoms with van der Waals surface area (Å²) in [6, 6.07) is 6.17. The highest BCUT2D eigenvalue weighted by atomic mass is 127. The Hall–Kier alpha value is -1.51. The number of nitrogens with one attached hydrogen (secondary N) is 3. The number of guanidine groups is 1.